The molecule has 0 N–H and O–H groups in total. The second-order valence-corrected chi connectivity index (χ2v) is 9.16. The molecule has 4 atom stereocenters. The third-order valence-electron chi connectivity index (χ3n) is 7.50. The number of nitrogens with zero attached hydrogens (tertiary/aromatic N) is 1. The van der Waals surface area contributed by atoms with Gasteiger partial charge in [-0.15, -0.1) is 0 Å². The number of fused-ring (bicyclic) bond motifs is 1. The Morgan fingerprint density at radius 1 is 0.939 bits per heavy atom. The molecule has 2 saturated carbocycles. The molecule has 2 heterocycles. The van der Waals surface area contributed by atoms with Gasteiger partial charge in [-0.3, -0.25) is 14.4 Å². The number of benzene rings is 2. The van der Waals surface area contributed by atoms with E-state index in [1.165, 1.54) is 4.90 Å². The lowest BCUT2D eigenvalue weighted by Gasteiger charge is -2.36. The van der Waals surface area contributed by atoms with Crippen LogP contribution in [-0.2, 0) is 9.59 Å². The van der Waals surface area contributed by atoms with Crippen LogP contribution in [0.2, 0.25) is 0 Å². The van der Waals surface area contributed by atoms with Gasteiger partial charge in [-0.25, -0.2) is 4.90 Å². The predicted molar refractivity (Wildman–Crippen MR) is 119 cm³/mol. The number of rotatable bonds is 4. The Hall–Kier alpha value is -3.67. The molecule has 2 amide bonds. The zero-order valence-corrected chi connectivity index (χ0v) is 17.8. The van der Waals surface area contributed by atoms with Gasteiger partial charge in [0.2, 0.25) is 17.6 Å². The van der Waals surface area contributed by atoms with Crippen molar-refractivity contribution < 1.29 is 23.5 Å². The van der Waals surface area contributed by atoms with Crippen LogP contribution in [0.25, 0.3) is 11.0 Å². The number of anilines is 1. The summed E-state index contributed by atoms with van der Waals surface area (Å²) in [6, 6.07) is 13.6. The SMILES string of the molecule is COc1ccc(C(=O)c2cc3cc(N4C(=O)[C]5[C](C4=O)[C@@H]4C=C[C@H]5C5CC54)ccc3o2)cc1. The van der Waals surface area contributed by atoms with Crippen molar-refractivity contribution in [2.45, 2.75) is 6.42 Å². The highest BCUT2D eigenvalue weighted by Crippen LogP contribution is 2.67. The van der Waals surface area contributed by atoms with Crippen LogP contribution < -0.4 is 9.64 Å². The Morgan fingerprint density at radius 2 is 1.61 bits per heavy atom. The smallest absolute Gasteiger partial charge is 0.242 e. The zero-order chi connectivity index (χ0) is 22.4. The maximum Gasteiger partial charge on any atom is 0.242 e. The summed E-state index contributed by atoms with van der Waals surface area (Å²) in [5.41, 5.74) is 1.51. The Bertz CT molecular complexity index is 1350. The topological polar surface area (TPSA) is 76.8 Å². The first kappa shape index (κ1) is 18.9. The van der Waals surface area contributed by atoms with E-state index in [2.05, 4.69) is 12.2 Å². The fourth-order valence-corrected chi connectivity index (χ4v) is 5.82. The number of imide groups is 1. The van der Waals surface area contributed by atoms with E-state index in [-0.39, 0.29) is 35.2 Å². The number of carbonyl (C=O) groups is 3. The predicted octanol–water partition coefficient (Wildman–Crippen LogP) is 4.15. The van der Waals surface area contributed by atoms with Gasteiger partial charge in [-0.1, -0.05) is 12.2 Å². The first-order valence-electron chi connectivity index (χ1n) is 11.1. The molecule has 8 rings (SSSR count). The van der Waals surface area contributed by atoms with Crippen molar-refractivity contribution in [3.63, 3.8) is 0 Å². The molecule has 2 unspecified atom stereocenters. The lowest BCUT2D eigenvalue weighted by atomic mass is 9.63. The van der Waals surface area contributed by atoms with Gasteiger partial charge in [-0.05, 0) is 78.6 Å². The van der Waals surface area contributed by atoms with E-state index in [4.69, 9.17) is 9.15 Å². The highest BCUT2D eigenvalue weighted by molar-refractivity contribution is 6.34. The normalized spacial score (nSPS) is 27.8. The van der Waals surface area contributed by atoms with Crippen LogP contribution in [0.4, 0.5) is 5.69 Å². The minimum Gasteiger partial charge on any atom is -0.497 e. The minimum atomic E-state index is -0.247. The molecule has 6 nitrogen and oxygen atoms in total. The summed E-state index contributed by atoms with van der Waals surface area (Å²) >= 11 is 0. The van der Waals surface area contributed by atoms with E-state index >= 15 is 0 Å². The van der Waals surface area contributed by atoms with Gasteiger partial charge < -0.3 is 9.15 Å². The van der Waals surface area contributed by atoms with Gasteiger partial charge in [0.05, 0.1) is 24.6 Å². The Balaban J connectivity index is 1.21. The Labute approximate surface area is 189 Å². The van der Waals surface area contributed by atoms with Crippen molar-refractivity contribution in [2.24, 2.45) is 23.7 Å². The molecule has 6 heteroatoms. The number of ether oxygens (including phenoxy) is 1. The van der Waals surface area contributed by atoms with Crippen molar-refractivity contribution in [1.29, 1.82) is 0 Å². The van der Waals surface area contributed by atoms with E-state index in [1.807, 2.05) is 0 Å². The first-order chi connectivity index (χ1) is 16.0. The maximum atomic E-state index is 13.3. The molecular weight excluding hydrogens is 418 g/mol. The number of ketones is 1. The van der Waals surface area contributed by atoms with Crippen molar-refractivity contribution in [1.82, 2.24) is 0 Å². The molecule has 33 heavy (non-hydrogen) atoms. The summed E-state index contributed by atoms with van der Waals surface area (Å²) in [6.07, 6.45) is 5.33. The molecule has 0 spiro atoms. The van der Waals surface area contributed by atoms with Gasteiger partial charge >= 0.3 is 0 Å². The number of allylic oxidation sites excluding steroid dienone is 2. The maximum absolute atomic E-state index is 13.3. The average molecular weight is 437 g/mol. The molecule has 162 valence electrons. The van der Waals surface area contributed by atoms with Gasteiger partial charge in [0.15, 0.2) is 5.76 Å². The van der Waals surface area contributed by atoms with Crippen LogP contribution in [0, 0.1) is 35.5 Å². The molecule has 2 aromatic carbocycles. The molecule has 1 saturated heterocycles. The molecule has 1 aliphatic heterocycles. The molecule has 2 bridgehead atoms. The standard InChI is InChI=1S/C27H19NO5/c1-32-16-5-2-13(3-6-16)25(29)22-11-14-10-15(4-9-21(14)33-22)28-26(30)23-17-7-8-18(20-12-19(17)20)24(23)27(28)31/h2-11,17-20H,12H2,1H3/t17-,18+,19?,20?. The summed E-state index contributed by atoms with van der Waals surface area (Å²) in [7, 11) is 1.57. The van der Waals surface area contributed by atoms with Crippen LogP contribution in [0.15, 0.2) is 65.1 Å². The lowest BCUT2D eigenvalue weighted by Crippen LogP contribution is -2.37. The third kappa shape index (κ3) is 2.52. The lowest BCUT2D eigenvalue weighted by molar-refractivity contribution is -0.120. The van der Waals surface area contributed by atoms with E-state index in [0.717, 1.165) is 6.42 Å². The largest absolute Gasteiger partial charge is 0.497 e. The monoisotopic (exact) mass is 437 g/mol. The number of methoxy groups -OCH3 is 1. The summed E-state index contributed by atoms with van der Waals surface area (Å²) in [6.45, 7) is 0. The van der Waals surface area contributed by atoms with Crippen molar-refractivity contribution in [3.05, 3.63) is 83.8 Å². The molecular formula is C27H19NO5. The molecule has 5 aliphatic rings. The minimum absolute atomic E-state index is 0.0721. The number of carbonyl (C=O) groups excluding carboxylic acids is 3. The molecule has 3 fully saturated rings. The fourth-order valence-electron chi connectivity index (χ4n) is 5.82. The van der Waals surface area contributed by atoms with E-state index in [1.54, 1.807) is 55.6 Å². The van der Waals surface area contributed by atoms with E-state index in [9.17, 15) is 14.4 Å². The Morgan fingerprint density at radius 3 is 2.24 bits per heavy atom. The number of amides is 2. The molecule has 3 aromatic rings. The van der Waals surface area contributed by atoms with Crippen LogP contribution in [-0.4, -0.2) is 24.7 Å². The van der Waals surface area contributed by atoms with Crippen LogP contribution in [0.3, 0.4) is 0 Å². The highest BCUT2D eigenvalue weighted by atomic mass is 16.5. The zero-order valence-electron chi connectivity index (χ0n) is 17.8. The Kier molecular flexibility index (Phi) is 3.68. The van der Waals surface area contributed by atoms with Crippen LogP contribution in [0.5, 0.6) is 5.75 Å². The molecule has 4 aliphatic carbocycles. The summed E-state index contributed by atoms with van der Waals surface area (Å²) < 4.78 is 10.9. The van der Waals surface area contributed by atoms with E-state index in [0.29, 0.717) is 51.6 Å². The molecule has 1 aromatic heterocycles. The van der Waals surface area contributed by atoms with Gasteiger partial charge in [0, 0.05) is 10.9 Å². The number of furan rings is 1. The third-order valence-corrected chi connectivity index (χ3v) is 7.50. The quantitative estimate of drug-likeness (QED) is 0.348. The summed E-state index contributed by atoms with van der Waals surface area (Å²) in [5.74, 6) is 2.74. The van der Waals surface area contributed by atoms with Crippen LogP contribution >= 0.6 is 0 Å². The second-order valence-electron chi connectivity index (χ2n) is 9.16. The second kappa shape index (κ2) is 6.44. The number of hydrogen-bond donors (Lipinski definition) is 0. The van der Waals surface area contributed by atoms with Gasteiger partial charge in [0.1, 0.15) is 11.3 Å². The van der Waals surface area contributed by atoms with E-state index < -0.39 is 0 Å². The van der Waals surface area contributed by atoms with Gasteiger partial charge in [-0.2, -0.15) is 0 Å². The first-order valence-corrected chi connectivity index (χ1v) is 11.1. The van der Waals surface area contributed by atoms with Crippen molar-refractivity contribution in [3.8, 4) is 5.75 Å². The van der Waals surface area contributed by atoms with Crippen molar-refractivity contribution >= 4 is 34.3 Å². The van der Waals surface area contributed by atoms with Crippen LogP contribution in [0.1, 0.15) is 22.5 Å². The number of hydrogen-bond acceptors (Lipinski definition) is 5. The molecule has 2 radical (unpaired) electrons. The van der Waals surface area contributed by atoms with Crippen molar-refractivity contribution in [2.75, 3.05) is 12.0 Å². The fraction of sp³-hybridized carbons (Fsp3) is 0.222. The average Bonchev–Trinajstić information content (AvgIpc) is 3.50. The highest BCUT2D eigenvalue weighted by Gasteiger charge is 2.68. The summed E-state index contributed by atoms with van der Waals surface area (Å²) in [4.78, 5) is 40.8. The van der Waals surface area contributed by atoms with Gasteiger partial charge in [0.25, 0.3) is 0 Å². The summed E-state index contributed by atoms with van der Waals surface area (Å²) in [5, 5.41) is 0.666.